The summed E-state index contributed by atoms with van der Waals surface area (Å²) in [6.45, 7) is 5.18. The first-order valence-electron chi connectivity index (χ1n) is 7.25. The van der Waals surface area contributed by atoms with Gasteiger partial charge in [-0.2, -0.15) is 0 Å². The summed E-state index contributed by atoms with van der Waals surface area (Å²) in [7, 11) is 0. The second kappa shape index (κ2) is 6.50. The molecule has 1 saturated heterocycles. The molecule has 0 bridgehead atoms. The zero-order valence-electron chi connectivity index (χ0n) is 12.2. The van der Waals surface area contributed by atoms with Crippen molar-refractivity contribution in [3.8, 4) is 0 Å². The molecule has 1 aliphatic heterocycles. The molecule has 5 heteroatoms. The topological polar surface area (TPSA) is 60.2 Å². The van der Waals surface area contributed by atoms with E-state index in [1.165, 1.54) is 0 Å². The van der Waals surface area contributed by atoms with Crippen molar-refractivity contribution in [2.75, 3.05) is 11.9 Å². The van der Waals surface area contributed by atoms with Crippen LogP contribution < -0.4 is 11.1 Å². The molecule has 0 amide bonds. The van der Waals surface area contributed by atoms with E-state index in [0.717, 1.165) is 43.7 Å². The SMILES string of the molecule is CCC1(CC)CC(Nc2cc(C(N)=S)ccn2)CCO1. The van der Waals surface area contributed by atoms with E-state index in [2.05, 4.69) is 24.1 Å². The van der Waals surface area contributed by atoms with Crippen LogP contribution in [0.5, 0.6) is 0 Å². The molecule has 2 heterocycles. The Morgan fingerprint density at radius 3 is 2.95 bits per heavy atom. The van der Waals surface area contributed by atoms with Gasteiger partial charge in [0.15, 0.2) is 0 Å². The third kappa shape index (κ3) is 3.46. The molecule has 0 saturated carbocycles. The molecule has 4 nitrogen and oxygen atoms in total. The highest BCUT2D eigenvalue weighted by atomic mass is 32.1. The Balaban J connectivity index is 2.06. The maximum Gasteiger partial charge on any atom is 0.126 e. The fourth-order valence-corrected chi connectivity index (χ4v) is 2.89. The summed E-state index contributed by atoms with van der Waals surface area (Å²) in [4.78, 5) is 4.75. The fraction of sp³-hybridized carbons (Fsp3) is 0.600. The molecule has 0 aliphatic carbocycles. The van der Waals surface area contributed by atoms with E-state index in [1.54, 1.807) is 6.20 Å². The lowest BCUT2D eigenvalue weighted by Crippen LogP contribution is -2.43. The number of thiocarbonyl (C=S) groups is 1. The number of pyridine rings is 1. The summed E-state index contributed by atoms with van der Waals surface area (Å²) in [5.74, 6) is 0.836. The Morgan fingerprint density at radius 1 is 1.55 bits per heavy atom. The molecule has 20 heavy (non-hydrogen) atoms. The molecule has 0 radical (unpaired) electrons. The van der Waals surface area contributed by atoms with Crippen LogP contribution in [0.3, 0.4) is 0 Å². The van der Waals surface area contributed by atoms with E-state index >= 15 is 0 Å². The van der Waals surface area contributed by atoms with Crippen molar-refractivity contribution in [2.45, 2.75) is 51.2 Å². The maximum atomic E-state index is 5.99. The van der Waals surface area contributed by atoms with Gasteiger partial charge in [0.1, 0.15) is 10.8 Å². The number of aromatic nitrogens is 1. The van der Waals surface area contributed by atoms with Crippen LogP contribution in [-0.4, -0.2) is 28.2 Å². The van der Waals surface area contributed by atoms with Gasteiger partial charge in [-0.25, -0.2) is 4.98 Å². The van der Waals surface area contributed by atoms with Crippen molar-refractivity contribution in [3.63, 3.8) is 0 Å². The van der Waals surface area contributed by atoms with E-state index in [-0.39, 0.29) is 5.60 Å². The number of ether oxygens (including phenoxy) is 1. The van der Waals surface area contributed by atoms with Crippen LogP contribution in [0.25, 0.3) is 0 Å². The standard InChI is InChI=1S/C15H23N3OS/c1-3-15(4-2)10-12(6-8-19-15)18-13-9-11(14(16)20)5-7-17-13/h5,7,9,12H,3-4,6,8,10H2,1-2H3,(H2,16,20)(H,17,18). The smallest absolute Gasteiger partial charge is 0.126 e. The molecule has 1 aliphatic rings. The van der Waals surface area contributed by atoms with Gasteiger partial charge in [-0.3, -0.25) is 0 Å². The van der Waals surface area contributed by atoms with Gasteiger partial charge in [-0.1, -0.05) is 26.1 Å². The minimum atomic E-state index is 0.0106. The second-order valence-electron chi connectivity index (χ2n) is 5.37. The molecule has 1 unspecified atom stereocenters. The van der Waals surface area contributed by atoms with Gasteiger partial charge in [0, 0.05) is 24.4 Å². The Labute approximate surface area is 126 Å². The summed E-state index contributed by atoms with van der Waals surface area (Å²) in [6.07, 6.45) is 5.84. The Kier molecular flexibility index (Phi) is 4.94. The quantitative estimate of drug-likeness (QED) is 0.818. The summed E-state index contributed by atoms with van der Waals surface area (Å²) < 4.78 is 5.99. The van der Waals surface area contributed by atoms with E-state index in [1.807, 2.05) is 12.1 Å². The molecule has 0 aromatic carbocycles. The summed E-state index contributed by atoms with van der Waals surface area (Å²) >= 11 is 5.00. The van der Waals surface area contributed by atoms with E-state index in [4.69, 9.17) is 22.7 Å². The minimum Gasteiger partial charge on any atom is -0.389 e. The molecule has 1 fully saturated rings. The lowest BCUT2D eigenvalue weighted by Gasteiger charge is -2.40. The van der Waals surface area contributed by atoms with Crippen molar-refractivity contribution >= 4 is 23.0 Å². The maximum absolute atomic E-state index is 5.99. The molecule has 3 N–H and O–H groups in total. The number of nitrogens with one attached hydrogen (secondary N) is 1. The summed E-state index contributed by atoms with van der Waals surface area (Å²) in [5, 5.41) is 3.49. The van der Waals surface area contributed by atoms with E-state index in [9.17, 15) is 0 Å². The van der Waals surface area contributed by atoms with Gasteiger partial charge >= 0.3 is 0 Å². The summed E-state index contributed by atoms with van der Waals surface area (Å²) in [6, 6.07) is 4.13. The van der Waals surface area contributed by atoms with Crippen LogP contribution in [0.15, 0.2) is 18.3 Å². The van der Waals surface area contributed by atoms with Crippen LogP contribution in [0.4, 0.5) is 5.82 Å². The number of hydrogen-bond acceptors (Lipinski definition) is 4. The highest BCUT2D eigenvalue weighted by Gasteiger charge is 2.34. The minimum absolute atomic E-state index is 0.0106. The van der Waals surface area contributed by atoms with Crippen molar-refractivity contribution in [2.24, 2.45) is 5.73 Å². The monoisotopic (exact) mass is 293 g/mol. The van der Waals surface area contributed by atoms with Crippen LogP contribution in [0.2, 0.25) is 0 Å². The van der Waals surface area contributed by atoms with Gasteiger partial charge in [0.05, 0.1) is 5.60 Å². The lowest BCUT2D eigenvalue weighted by atomic mass is 9.86. The molecule has 0 spiro atoms. The van der Waals surface area contributed by atoms with Crippen LogP contribution in [0.1, 0.15) is 45.1 Å². The number of rotatable bonds is 5. The van der Waals surface area contributed by atoms with Crippen LogP contribution in [0, 0.1) is 0 Å². The molecular formula is C15H23N3OS. The van der Waals surface area contributed by atoms with Gasteiger partial charge in [0.25, 0.3) is 0 Å². The van der Waals surface area contributed by atoms with E-state index in [0.29, 0.717) is 11.0 Å². The fourth-order valence-electron chi connectivity index (χ4n) is 2.77. The molecule has 110 valence electrons. The first kappa shape index (κ1) is 15.2. The second-order valence-corrected chi connectivity index (χ2v) is 5.81. The van der Waals surface area contributed by atoms with Crippen molar-refractivity contribution in [1.82, 2.24) is 4.98 Å². The normalized spacial score (nSPS) is 21.4. The molecule has 1 aromatic rings. The van der Waals surface area contributed by atoms with Gasteiger partial charge in [-0.15, -0.1) is 0 Å². The first-order valence-corrected chi connectivity index (χ1v) is 7.66. The van der Waals surface area contributed by atoms with Crippen molar-refractivity contribution in [3.05, 3.63) is 23.9 Å². The Bertz CT molecular complexity index is 474. The zero-order valence-corrected chi connectivity index (χ0v) is 13.0. The molecule has 1 aromatic heterocycles. The number of nitrogens with zero attached hydrogens (tertiary/aromatic N) is 1. The highest BCUT2D eigenvalue weighted by Crippen LogP contribution is 2.32. The third-order valence-electron chi connectivity index (χ3n) is 4.18. The van der Waals surface area contributed by atoms with Crippen LogP contribution in [-0.2, 0) is 4.74 Å². The number of nitrogens with two attached hydrogens (primary N) is 1. The molecular weight excluding hydrogens is 270 g/mol. The highest BCUT2D eigenvalue weighted by molar-refractivity contribution is 7.80. The lowest BCUT2D eigenvalue weighted by molar-refractivity contribution is -0.0864. The van der Waals surface area contributed by atoms with E-state index < -0.39 is 0 Å². The average molecular weight is 293 g/mol. The average Bonchev–Trinajstić information content (AvgIpc) is 2.47. The predicted octanol–water partition coefficient (Wildman–Crippen LogP) is 2.87. The first-order chi connectivity index (χ1) is 9.58. The van der Waals surface area contributed by atoms with Gasteiger partial charge in [-0.05, 0) is 37.8 Å². The largest absolute Gasteiger partial charge is 0.389 e. The number of hydrogen-bond donors (Lipinski definition) is 2. The zero-order chi connectivity index (χ0) is 14.6. The van der Waals surface area contributed by atoms with Crippen LogP contribution >= 0.6 is 12.2 Å². The molecule has 1 atom stereocenters. The van der Waals surface area contributed by atoms with Gasteiger partial charge in [0.2, 0.25) is 0 Å². The number of anilines is 1. The third-order valence-corrected chi connectivity index (χ3v) is 4.41. The van der Waals surface area contributed by atoms with Crippen molar-refractivity contribution in [1.29, 1.82) is 0 Å². The summed E-state index contributed by atoms with van der Waals surface area (Å²) in [5.41, 5.74) is 6.52. The van der Waals surface area contributed by atoms with Gasteiger partial charge < -0.3 is 15.8 Å². The van der Waals surface area contributed by atoms with Crippen molar-refractivity contribution < 1.29 is 4.74 Å². The molecule has 2 rings (SSSR count). The Hall–Kier alpha value is -1.20. The Morgan fingerprint density at radius 2 is 2.30 bits per heavy atom. The predicted molar refractivity (Wildman–Crippen MR) is 86.0 cm³/mol.